The average Bonchev–Trinajstić information content (AvgIpc) is 2.53. The molecule has 3 rings (SSSR count). The number of hydrogen-bond acceptors (Lipinski definition) is 2. The molecular formula is C17H12ClF2NO2. The number of pyridine rings is 1. The molecule has 6 heteroatoms. The number of halogens is 3. The topological polar surface area (TPSA) is 42.2 Å². The fraction of sp³-hybridized carbons (Fsp3) is 0.118. The van der Waals surface area contributed by atoms with Gasteiger partial charge in [0.2, 0.25) is 0 Å². The lowest BCUT2D eigenvalue weighted by atomic mass is 10.0. The summed E-state index contributed by atoms with van der Waals surface area (Å²) in [5.74, 6) is -1.65. The second-order valence-electron chi connectivity index (χ2n) is 5.08. The molecule has 0 unspecified atom stereocenters. The molecule has 0 amide bonds. The quantitative estimate of drug-likeness (QED) is 0.757. The Balaban J connectivity index is 2.42. The summed E-state index contributed by atoms with van der Waals surface area (Å²) in [5.41, 5.74) is -0.370. The number of aromatic hydroxyl groups is 1. The maximum atomic E-state index is 15.0. The summed E-state index contributed by atoms with van der Waals surface area (Å²) in [6.45, 7) is 2.15. The maximum Gasteiger partial charge on any atom is 0.192 e. The molecule has 1 aromatic heterocycles. The van der Waals surface area contributed by atoms with Crippen LogP contribution >= 0.6 is 11.6 Å². The fourth-order valence-corrected chi connectivity index (χ4v) is 2.76. The van der Waals surface area contributed by atoms with E-state index < -0.39 is 17.1 Å². The van der Waals surface area contributed by atoms with Crippen LogP contribution in [-0.2, 0) is 6.54 Å². The van der Waals surface area contributed by atoms with Gasteiger partial charge in [-0.15, -0.1) is 0 Å². The maximum absolute atomic E-state index is 15.0. The van der Waals surface area contributed by atoms with E-state index in [0.29, 0.717) is 12.1 Å². The summed E-state index contributed by atoms with van der Waals surface area (Å²) in [7, 11) is 0. The van der Waals surface area contributed by atoms with Crippen molar-refractivity contribution in [3.05, 3.63) is 63.4 Å². The van der Waals surface area contributed by atoms with Crippen molar-refractivity contribution in [1.82, 2.24) is 4.57 Å². The van der Waals surface area contributed by atoms with E-state index in [1.165, 1.54) is 35.0 Å². The first kappa shape index (κ1) is 15.5. The Bertz CT molecular complexity index is 982. The molecule has 0 saturated heterocycles. The van der Waals surface area contributed by atoms with Gasteiger partial charge < -0.3 is 9.67 Å². The lowest BCUT2D eigenvalue weighted by Crippen LogP contribution is -2.11. The average molecular weight is 336 g/mol. The lowest BCUT2D eigenvalue weighted by molar-refractivity contribution is 0.475. The van der Waals surface area contributed by atoms with Crippen LogP contribution in [0.4, 0.5) is 8.78 Å². The highest BCUT2D eigenvalue weighted by molar-refractivity contribution is 6.32. The minimum atomic E-state index is -0.798. The van der Waals surface area contributed by atoms with Gasteiger partial charge >= 0.3 is 0 Å². The molecule has 0 spiro atoms. The van der Waals surface area contributed by atoms with Gasteiger partial charge in [0.05, 0.1) is 15.9 Å². The van der Waals surface area contributed by atoms with Gasteiger partial charge in [0.1, 0.15) is 11.6 Å². The van der Waals surface area contributed by atoms with Gasteiger partial charge in [-0.2, -0.15) is 0 Å². The molecule has 0 saturated carbocycles. The normalized spacial score (nSPS) is 11.1. The summed E-state index contributed by atoms with van der Waals surface area (Å²) >= 11 is 5.84. The SMILES string of the molecule is CCn1ccc(=O)c2c(F)cc(-c3ccc(O)c(Cl)c3)c(F)c21. The number of hydrogen-bond donors (Lipinski definition) is 1. The van der Waals surface area contributed by atoms with Crippen LogP contribution in [0.1, 0.15) is 6.92 Å². The van der Waals surface area contributed by atoms with Crippen LogP contribution in [0.15, 0.2) is 41.3 Å². The molecule has 0 aliphatic rings. The summed E-state index contributed by atoms with van der Waals surface area (Å²) in [6.07, 6.45) is 1.43. The Kier molecular flexibility index (Phi) is 3.82. The van der Waals surface area contributed by atoms with E-state index in [-0.39, 0.29) is 27.2 Å². The Morgan fingerprint density at radius 1 is 1.22 bits per heavy atom. The zero-order chi connectivity index (χ0) is 16.7. The number of fused-ring (bicyclic) bond motifs is 1. The molecule has 3 nitrogen and oxygen atoms in total. The van der Waals surface area contributed by atoms with Crippen LogP contribution in [0.2, 0.25) is 5.02 Å². The van der Waals surface area contributed by atoms with Crippen LogP contribution in [0, 0.1) is 11.6 Å². The van der Waals surface area contributed by atoms with Crippen molar-refractivity contribution >= 4 is 22.5 Å². The predicted molar refractivity (Wildman–Crippen MR) is 85.9 cm³/mol. The number of rotatable bonds is 2. The Morgan fingerprint density at radius 3 is 2.61 bits per heavy atom. The van der Waals surface area contributed by atoms with Gasteiger partial charge in [-0.1, -0.05) is 17.7 Å². The van der Waals surface area contributed by atoms with E-state index in [1.54, 1.807) is 6.92 Å². The zero-order valence-corrected chi connectivity index (χ0v) is 12.9. The fourth-order valence-electron chi connectivity index (χ4n) is 2.58. The van der Waals surface area contributed by atoms with Gasteiger partial charge in [-0.25, -0.2) is 8.78 Å². The number of aryl methyl sites for hydroxylation is 1. The molecule has 0 aliphatic carbocycles. The highest BCUT2D eigenvalue weighted by Crippen LogP contribution is 2.33. The second-order valence-corrected chi connectivity index (χ2v) is 5.48. The highest BCUT2D eigenvalue weighted by atomic mass is 35.5. The molecule has 0 bridgehead atoms. The minimum Gasteiger partial charge on any atom is -0.506 e. The van der Waals surface area contributed by atoms with Crippen LogP contribution in [0.5, 0.6) is 5.75 Å². The minimum absolute atomic E-state index is 0.0234. The van der Waals surface area contributed by atoms with Crippen LogP contribution in [-0.4, -0.2) is 9.67 Å². The molecule has 0 fully saturated rings. The van der Waals surface area contributed by atoms with E-state index in [2.05, 4.69) is 0 Å². The largest absolute Gasteiger partial charge is 0.506 e. The van der Waals surface area contributed by atoms with Crippen molar-refractivity contribution in [1.29, 1.82) is 0 Å². The van der Waals surface area contributed by atoms with Crippen LogP contribution in [0.25, 0.3) is 22.0 Å². The molecule has 2 aromatic carbocycles. The first-order valence-electron chi connectivity index (χ1n) is 6.94. The van der Waals surface area contributed by atoms with E-state index in [0.717, 1.165) is 6.07 Å². The van der Waals surface area contributed by atoms with Crippen molar-refractivity contribution in [3.8, 4) is 16.9 Å². The smallest absolute Gasteiger partial charge is 0.192 e. The molecule has 3 aromatic rings. The van der Waals surface area contributed by atoms with E-state index >= 15 is 0 Å². The molecule has 118 valence electrons. The summed E-state index contributed by atoms with van der Waals surface area (Å²) in [5, 5.41) is 9.21. The summed E-state index contributed by atoms with van der Waals surface area (Å²) in [6, 6.07) is 6.27. The number of benzene rings is 2. The van der Waals surface area contributed by atoms with Crippen molar-refractivity contribution in [2.75, 3.05) is 0 Å². The molecular weight excluding hydrogens is 324 g/mol. The van der Waals surface area contributed by atoms with Gasteiger partial charge in [0, 0.05) is 24.4 Å². The summed E-state index contributed by atoms with van der Waals surface area (Å²) < 4.78 is 30.8. The number of phenols is 1. The zero-order valence-electron chi connectivity index (χ0n) is 12.1. The first-order chi connectivity index (χ1) is 10.9. The first-order valence-corrected chi connectivity index (χ1v) is 7.32. The Morgan fingerprint density at radius 2 is 1.96 bits per heavy atom. The Hall–Kier alpha value is -2.40. The van der Waals surface area contributed by atoms with E-state index in [4.69, 9.17) is 11.6 Å². The molecule has 0 aliphatic heterocycles. The predicted octanol–water partition coefficient (Wildman–Crippen LogP) is 4.33. The van der Waals surface area contributed by atoms with Crippen molar-refractivity contribution in [3.63, 3.8) is 0 Å². The van der Waals surface area contributed by atoms with Crippen molar-refractivity contribution in [2.24, 2.45) is 0 Å². The van der Waals surface area contributed by atoms with Gasteiger partial charge in [-0.3, -0.25) is 4.79 Å². The van der Waals surface area contributed by atoms with Gasteiger partial charge in [0.15, 0.2) is 11.2 Å². The lowest BCUT2D eigenvalue weighted by Gasteiger charge is -2.13. The van der Waals surface area contributed by atoms with Crippen molar-refractivity contribution < 1.29 is 13.9 Å². The van der Waals surface area contributed by atoms with Crippen molar-refractivity contribution in [2.45, 2.75) is 13.5 Å². The Labute approximate surface area is 135 Å². The second kappa shape index (κ2) is 5.66. The van der Waals surface area contributed by atoms with E-state index in [1.807, 2.05) is 0 Å². The number of aromatic nitrogens is 1. The molecule has 23 heavy (non-hydrogen) atoms. The van der Waals surface area contributed by atoms with E-state index in [9.17, 15) is 18.7 Å². The number of phenolic OH excluding ortho intramolecular Hbond substituents is 1. The third kappa shape index (κ3) is 2.47. The van der Waals surface area contributed by atoms with Gasteiger partial charge in [0.25, 0.3) is 0 Å². The third-order valence-corrected chi connectivity index (χ3v) is 4.03. The van der Waals surface area contributed by atoms with Gasteiger partial charge in [-0.05, 0) is 30.7 Å². The van der Waals surface area contributed by atoms with Crippen LogP contribution in [0.3, 0.4) is 0 Å². The molecule has 0 atom stereocenters. The third-order valence-electron chi connectivity index (χ3n) is 3.73. The van der Waals surface area contributed by atoms with Crippen LogP contribution < -0.4 is 5.43 Å². The molecule has 1 N–H and O–H groups in total. The molecule has 0 radical (unpaired) electrons. The monoisotopic (exact) mass is 335 g/mol. The standard InChI is InChI=1S/C17H12ClF2NO2/c1-2-21-6-5-14(23)15-12(19)8-10(16(20)17(15)21)9-3-4-13(22)11(18)7-9/h3-8,22H,2H2,1H3. The number of nitrogens with zero attached hydrogens (tertiary/aromatic N) is 1. The summed E-state index contributed by atoms with van der Waals surface area (Å²) in [4.78, 5) is 11.9. The molecule has 1 heterocycles. The highest BCUT2D eigenvalue weighted by Gasteiger charge is 2.18.